The van der Waals surface area contributed by atoms with Gasteiger partial charge in [-0.25, -0.2) is 15.8 Å². The fourth-order valence-corrected chi connectivity index (χ4v) is 2.43. The molecule has 1 aliphatic heterocycles. The van der Waals surface area contributed by atoms with Crippen LogP contribution in [0.2, 0.25) is 0 Å². The van der Waals surface area contributed by atoms with E-state index in [1.807, 2.05) is 24.3 Å². The standard InChI is InChI=1S/C12H15N3OS/c1-8(2)9-5-3-4-6-10(9)14-12-15(13)11(16)7-17-12/h3-6,8H,7,13H2,1-2H3. The zero-order chi connectivity index (χ0) is 12.4. The molecule has 0 aromatic heterocycles. The molecule has 2 rings (SSSR count). The van der Waals surface area contributed by atoms with Crippen molar-refractivity contribution in [1.29, 1.82) is 0 Å². The molecule has 1 amide bonds. The van der Waals surface area contributed by atoms with Crippen LogP contribution in [0.15, 0.2) is 29.3 Å². The monoisotopic (exact) mass is 249 g/mol. The zero-order valence-corrected chi connectivity index (χ0v) is 10.7. The van der Waals surface area contributed by atoms with E-state index in [0.29, 0.717) is 16.8 Å². The topological polar surface area (TPSA) is 58.7 Å². The second kappa shape index (κ2) is 4.89. The van der Waals surface area contributed by atoms with Crippen LogP contribution >= 0.6 is 11.8 Å². The summed E-state index contributed by atoms with van der Waals surface area (Å²) in [6.07, 6.45) is 0. The van der Waals surface area contributed by atoms with Crippen molar-refractivity contribution in [1.82, 2.24) is 5.01 Å². The third-order valence-electron chi connectivity index (χ3n) is 2.57. The van der Waals surface area contributed by atoms with Crippen LogP contribution in [-0.4, -0.2) is 21.8 Å². The first-order chi connectivity index (χ1) is 8.09. The van der Waals surface area contributed by atoms with E-state index >= 15 is 0 Å². The van der Waals surface area contributed by atoms with Gasteiger partial charge in [-0.05, 0) is 17.5 Å². The van der Waals surface area contributed by atoms with Gasteiger partial charge in [0.1, 0.15) is 0 Å². The summed E-state index contributed by atoms with van der Waals surface area (Å²) in [5, 5.41) is 1.70. The van der Waals surface area contributed by atoms with Crippen LogP contribution in [0.5, 0.6) is 0 Å². The molecule has 2 N–H and O–H groups in total. The van der Waals surface area contributed by atoms with Crippen molar-refractivity contribution in [2.75, 3.05) is 5.75 Å². The van der Waals surface area contributed by atoms with E-state index in [9.17, 15) is 4.79 Å². The number of rotatable bonds is 2. The van der Waals surface area contributed by atoms with Gasteiger partial charge in [0.05, 0.1) is 11.4 Å². The Hall–Kier alpha value is -1.33. The highest BCUT2D eigenvalue weighted by Crippen LogP contribution is 2.29. The molecule has 0 spiro atoms. The Morgan fingerprint density at radius 1 is 1.41 bits per heavy atom. The molecule has 1 heterocycles. The number of para-hydroxylation sites is 1. The molecular weight excluding hydrogens is 234 g/mol. The Kier molecular flexibility index (Phi) is 3.49. The normalized spacial score (nSPS) is 18.5. The zero-order valence-electron chi connectivity index (χ0n) is 9.88. The van der Waals surface area contributed by atoms with E-state index in [2.05, 4.69) is 18.8 Å². The molecule has 1 aromatic carbocycles. The van der Waals surface area contributed by atoms with Gasteiger partial charge in [-0.2, -0.15) is 0 Å². The lowest BCUT2D eigenvalue weighted by Gasteiger charge is -2.11. The largest absolute Gasteiger partial charge is 0.272 e. The quantitative estimate of drug-likeness (QED) is 0.646. The Labute approximate surface area is 105 Å². The molecule has 0 atom stereocenters. The highest BCUT2D eigenvalue weighted by Gasteiger charge is 2.25. The summed E-state index contributed by atoms with van der Waals surface area (Å²) in [5.74, 6) is 6.29. The number of amides is 1. The number of carbonyl (C=O) groups is 1. The first-order valence-corrected chi connectivity index (χ1v) is 6.46. The number of carbonyl (C=O) groups excluding carboxylic acids is 1. The third kappa shape index (κ3) is 2.50. The van der Waals surface area contributed by atoms with Gasteiger partial charge in [-0.15, -0.1) is 0 Å². The number of nitrogens with two attached hydrogens (primary N) is 1. The number of hydrogen-bond acceptors (Lipinski definition) is 4. The van der Waals surface area contributed by atoms with Gasteiger partial charge in [0.2, 0.25) is 0 Å². The predicted octanol–water partition coefficient (Wildman–Crippen LogP) is 2.25. The van der Waals surface area contributed by atoms with E-state index in [-0.39, 0.29) is 5.91 Å². The van der Waals surface area contributed by atoms with Gasteiger partial charge < -0.3 is 0 Å². The summed E-state index contributed by atoms with van der Waals surface area (Å²) < 4.78 is 0. The summed E-state index contributed by atoms with van der Waals surface area (Å²) in [5.41, 5.74) is 2.04. The van der Waals surface area contributed by atoms with Crippen molar-refractivity contribution >= 4 is 28.5 Å². The fraction of sp³-hybridized carbons (Fsp3) is 0.333. The molecule has 0 aliphatic carbocycles. The summed E-state index contributed by atoms with van der Waals surface area (Å²) in [7, 11) is 0. The van der Waals surface area contributed by atoms with Gasteiger partial charge in [0.15, 0.2) is 5.17 Å². The van der Waals surface area contributed by atoms with Crippen LogP contribution in [0, 0.1) is 0 Å². The molecule has 1 aromatic rings. The van der Waals surface area contributed by atoms with Gasteiger partial charge in [0.25, 0.3) is 5.91 Å². The second-order valence-electron chi connectivity index (χ2n) is 4.16. The van der Waals surface area contributed by atoms with Crippen LogP contribution in [-0.2, 0) is 4.79 Å². The van der Waals surface area contributed by atoms with E-state index in [0.717, 1.165) is 16.3 Å². The van der Waals surface area contributed by atoms with Crippen LogP contribution in [0.3, 0.4) is 0 Å². The molecule has 17 heavy (non-hydrogen) atoms. The molecule has 0 radical (unpaired) electrons. The number of hydrogen-bond donors (Lipinski definition) is 1. The first-order valence-electron chi connectivity index (χ1n) is 5.47. The minimum Gasteiger partial charge on any atom is -0.272 e. The summed E-state index contributed by atoms with van der Waals surface area (Å²) in [4.78, 5) is 15.8. The van der Waals surface area contributed by atoms with Crippen LogP contribution in [0.1, 0.15) is 25.3 Å². The SMILES string of the molecule is CC(C)c1ccccc1N=C1SCC(=O)N1N. The van der Waals surface area contributed by atoms with E-state index in [1.54, 1.807) is 0 Å². The highest BCUT2D eigenvalue weighted by atomic mass is 32.2. The molecule has 90 valence electrons. The van der Waals surface area contributed by atoms with Crippen molar-refractivity contribution in [3.05, 3.63) is 29.8 Å². The van der Waals surface area contributed by atoms with Crippen molar-refractivity contribution in [3.8, 4) is 0 Å². The number of aliphatic imine (C=N–C) groups is 1. The lowest BCUT2D eigenvalue weighted by molar-refractivity contribution is -0.124. The minimum absolute atomic E-state index is 0.101. The Morgan fingerprint density at radius 2 is 2.12 bits per heavy atom. The molecular formula is C12H15N3OS. The van der Waals surface area contributed by atoms with Crippen molar-refractivity contribution in [2.24, 2.45) is 10.8 Å². The van der Waals surface area contributed by atoms with Gasteiger partial charge in [-0.1, -0.05) is 43.8 Å². The van der Waals surface area contributed by atoms with Crippen LogP contribution in [0.25, 0.3) is 0 Å². The maximum absolute atomic E-state index is 11.3. The molecule has 4 nitrogen and oxygen atoms in total. The van der Waals surface area contributed by atoms with Crippen molar-refractivity contribution < 1.29 is 4.79 Å². The Balaban J connectivity index is 2.36. The predicted molar refractivity (Wildman–Crippen MR) is 71.1 cm³/mol. The second-order valence-corrected chi connectivity index (χ2v) is 5.10. The lowest BCUT2D eigenvalue weighted by atomic mass is 10.0. The number of benzene rings is 1. The van der Waals surface area contributed by atoms with E-state index in [4.69, 9.17) is 5.84 Å². The van der Waals surface area contributed by atoms with Gasteiger partial charge in [-0.3, -0.25) is 4.79 Å². The average molecular weight is 249 g/mol. The molecule has 0 bridgehead atoms. The molecule has 0 saturated carbocycles. The molecule has 0 unspecified atom stereocenters. The molecule has 1 saturated heterocycles. The minimum atomic E-state index is -0.101. The summed E-state index contributed by atoms with van der Waals surface area (Å²) in [6.45, 7) is 4.23. The average Bonchev–Trinajstić information content (AvgIpc) is 2.61. The maximum atomic E-state index is 11.3. The van der Waals surface area contributed by atoms with Crippen molar-refractivity contribution in [2.45, 2.75) is 19.8 Å². The number of nitrogens with zero attached hydrogens (tertiary/aromatic N) is 2. The number of thioether (sulfide) groups is 1. The summed E-state index contributed by atoms with van der Waals surface area (Å²) in [6, 6.07) is 7.92. The Morgan fingerprint density at radius 3 is 2.71 bits per heavy atom. The van der Waals surface area contributed by atoms with Crippen LogP contribution in [0.4, 0.5) is 5.69 Å². The van der Waals surface area contributed by atoms with Crippen molar-refractivity contribution in [3.63, 3.8) is 0 Å². The smallest absolute Gasteiger partial charge is 0.253 e. The van der Waals surface area contributed by atoms with E-state index in [1.165, 1.54) is 11.8 Å². The molecule has 5 heteroatoms. The van der Waals surface area contributed by atoms with Gasteiger partial charge in [0, 0.05) is 0 Å². The molecule has 1 fully saturated rings. The molecule has 1 aliphatic rings. The highest BCUT2D eigenvalue weighted by molar-refractivity contribution is 8.15. The number of amidine groups is 1. The lowest BCUT2D eigenvalue weighted by Crippen LogP contribution is -2.36. The fourth-order valence-electron chi connectivity index (χ4n) is 1.64. The Bertz CT molecular complexity index is 471. The number of hydrazine groups is 1. The van der Waals surface area contributed by atoms with Gasteiger partial charge >= 0.3 is 0 Å². The summed E-state index contributed by atoms with van der Waals surface area (Å²) >= 11 is 1.38. The van der Waals surface area contributed by atoms with Crippen LogP contribution < -0.4 is 5.84 Å². The first kappa shape index (κ1) is 12.1. The maximum Gasteiger partial charge on any atom is 0.253 e. The third-order valence-corrected chi connectivity index (χ3v) is 3.51. The van der Waals surface area contributed by atoms with E-state index < -0.39 is 0 Å².